The van der Waals surface area contributed by atoms with Crippen LogP contribution in [0.25, 0.3) is 16.9 Å². The molecule has 2 heterocycles. The van der Waals surface area contributed by atoms with E-state index < -0.39 is 0 Å². The van der Waals surface area contributed by atoms with E-state index in [1.54, 1.807) is 4.52 Å². The molecule has 0 atom stereocenters. The molecule has 7 heteroatoms. The fourth-order valence-electron chi connectivity index (χ4n) is 2.40. The zero-order valence-electron chi connectivity index (χ0n) is 12.5. The predicted molar refractivity (Wildman–Crippen MR) is 95.4 cm³/mol. The number of para-hydroxylation sites is 1. The summed E-state index contributed by atoms with van der Waals surface area (Å²) in [6.07, 6.45) is 0. The Hall–Kier alpha value is -3.12. The summed E-state index contributed by atoms with van der Waals surface area (Å²) in [6, 6.07) is 19.0. The lowest BCUT2D eigenvalue weighted by atomic mass is 10.2. The van der Waals surface area contributed by atoms with Gasteiger partial charge in [-0.15, -0.1) is 0 Å². The number of hydrogen-bond donors (Lipinski definition) is 2. The van der Waals surface area contributed by atoms with Crippen LogP contribution in [0.3, 0.4) is 0 Å². The molecule has 118 valence electrons. The minimum absolute atomic E-state index is 0.184. The third-order valence-electron chi connectivity index (χ3n) is 3.51. The van der Waals surface area contributed by atoms with Gasteiger partial charge in [-0.2, -0.15) is 19.6 Å². The normalized spacial score (nSPS) is 10.9. The van der Waals surface area contributed by atoms with Gasteiger partial charge in [-0.3, -0.25) is 0 Å². The number of aromatic nitrogens is 4. The number of fused-ring (bicyclic) bond motifs is 1. The Bertz CT molecular complexity index is 995. The Morgan fingerprint density at radius 2 is 1.71 bits per heavy atom. The number of nitrogens with one attached hydrogen (secondary N) is 1. The Morgan fingerprint density at radius 3 is 2.46 bits per heavy atom. The van der Waals surface area contributed by atoms with Crippen molar-refractivity contribution in [1.29, 1.82) is 0 Å². The highest BCUT2D eigenvalue weighted by Crippen LogP contribution is 2.23. The van der Waals surface area contributed by atoms with Crippen molar-refractivity contribution in [1.82, 2.24) is 19.6 Å². The van der Waals surface area contributed by atoms with E-state index in [0.717, 1.165) is 16.9 Å². The summed E-state index contributed by atoms with van der Waals surface area (Å²) >= 11 is 5.94. The number of hydrogen-bond acceptors (Lipinski definition) is 5. The number of nitrogens with zero attached hydrogens (tertiary/aromatic N) is 4. The zero-order chi connectivity index (χ0) is 16.5. The third-order valence-corrected chi connectivity index (χ3v) is 3.76. The second-order valence-electron chi connectivity index (χ2n) is 5.20. The van der Waals surface area contributed by atoms with Gasteiger partial charge in [-0.1, -0.05) is 41.9 Å². The van der Waals surface area contributed by atoms with Crippen LogP contribution in [-0.4, -0.2) is 19.6 Å². The van der Waals surface area contributed by atoms with Crippen LogP contribution in [0.15, 0.2) is 60.7 Å². The lowest BCUT2D eigenvalue weighted by Gasteiger charge is -2.07. The van der Waals surface area contributed by atoms with Gasteiger partial charge in [0.25, 0.3) is 0 Å². The van der Waals surface area contributed by atoms with E-state index in [4.69, 9.17) is 17.3 Å². The molecule has 2 aromatic heterocycles. The zero-order valence-corrected chi connectivity index (χ0v) is 13.3. The van der Waals surface area contributed by atoms with Crippen molar-refractivity contribution in [3.63, 3.8) is 0 Å². The lowest BCUT2D eigenvalue weighted by Crippen LogP contribution is -2.07. The van der Waals surface area contributed by atoms with Crippen molar-refractivity contribution in [2.24, 2.45) is 0 Å². The largest absolute Gasteiger partial charge is 0.368 e. The van der Waals surface area contributed by atoms with E-state index in [0.29, 0.717) is 16.6 Å². The molecule has 0 saturated heterocycles. The van der Waals surface area contributed by atoms with Crippen LogP contribution in [-0.2, 0) is 0 Å². The second kappa shape index (κ2) is 5.82. The smallest absolute Gasteiger partial charge is 0.233 e. The Morgan fingerprint density at radius 1 is 0.958 bits per heavy atom. The maximum absolute atomic E-state index is 5.94. The van der Waals surface area contributed by atoms with Crippen LogP contribution in [0.5, 0.6) is 0 Å². The number of nitrogens with two attached hydrogens (primary N) is 1. The number of nitrogen functional groups attached to an aromatic ring is 1. The maximum Gasteiger partial charge on any atom is 0.233 e. The van der Waals surface area contributed by atoms with Gasteiger partial charge in [0.05, 0.1) is 5.69 Å². The van der Waals surface area contributed by atoms with E-state index >= 15 is 0 Å². The molecule has 0 aliphatic heterocycles. The molecule has 0 fully saturated rings. The summed E-state index contributed by atoms with van der Waals surface area (Å²) in [4.78, 5) is 8.50. The summed E-state index contributed by atoms with van der Waals surface area (Å²) in [7, 11) is 0. The first kappa shape index (κ1) is 14.5. The highest BCUT2D eigenvalue weighted by molar-refractivity contribution is 6.30. The number of anilines is 3. The average molecular weight is 337 g/mol. The van der Waals surface area contributed by atoms with Crippen molar-refractivity contribution in [3.8, 4) is 11.3 Å². The summed E-state index contributed by atoms with van der Waals surface area (Å²) in [5, 5.41) is 8.47. The monoisotopic (exact) mass is 336 g/mol. The van der Waals surface area contributed by atoms with Crippen molar-refractivity contribution >= 4 is 34.8 Å². The van der Waals surface area contributed by atoms with Crippen LogP contribution in [0.4, 0.5) is 17.6 Å². The van der Waals surface area contributed by atoms with E-state index in [1.807, 2.05) is 60.7 Å². The van der Waals surface area contributed by atoms with Gasteiger partial charge in [0.15, 0.2) is 5.65 Å². The molecule has 0 aliphatic rings. The van der Waals surface area contributed by atoms with Gasteiger partial charge < -0.3 is 11.1 Å². The summed E-state index contributed by atoms with van der Waals surface area (Å²) in [5.41, 5.74) is 9.04. The maximum atomic E-state index is 5.94. The lowest BCUT2D eigenvalue weighted by molar-refractivity contribution is 0.912. The molecule has 2 aromatic carbocycles. The highest BCUT2D eigenvalue weighted by atomic mass is 35.5. The Kier molecular flexibility index (Phi) is 3.51. The number of rotatable bonds is 3. The predicted octanol–water partition coefficient (Wildman–Crippen LogP) is 3.77. The fourth-order valence-corrected chi connectivity index (χ4v) is 2.52. The molecule has 0 aliphatic carbocycles. The van der Waals surface area contributed by atoms with Crippen molar-refractivity contribution in [2.45, 2.75) is 0 Å². The van der Waals surface area contributed by atoms with Crippen LogP contribution >= 0.6 is 11.6 Å². The molecule has 0 unspecified atom stereocenters. The summed E-state index contributed by atoms with van der Waals surface area (Å²) in [6.45, 7) is 0. The van der Waals surface area contributed by atoms with Gasteiger partial charge in [0.2, 0.25) is 11.9 Å². The molecule has 0 amide bonds. The van der Waals surface area contributed by atoms with Crippen LogP contribution in [0.2, 0.25) is 5.02 Å². The van der Waals surface area contributed by atoms with Gasteiger partial charge in [0, 0.05) is 22.3 Å². The molecule has 24 heavy (non-hydrogen) atoms. The van der Waals surface area contributed by atoms with Crippen LogP contribution in [0.1, 0.15) is 0 Å². The molecule has 6 nitrogen and oxygen atoms in total. The average Bonchev–Trinajstić information content (AvgIpc) is 3.00. The molecule has 0 spiro atoms. The minimum Gasteiger partial charge on any atom is -0.368 e. The van der Waals surface area contributed by atoms with E-state index in [2.05, 4.69) is 20.4 Å². The molecule has 0 bridgehead atoms. The first-order valence-electron chi connectivity index (χ1n) is 7.30. The van der Waals surface area contributed by atoms with E-state index in [-0.39, 0.29) is 5.95 Å². The summed E-state index contributed by atoms with van der Waals surface area (Å²) < 4.78 is 1.63. The highest BCUT2D eigenvalue weighted by Gasteiger charge is 2.11. The minimum atomic E-state index is 0.184. The molecule has 3 N–H and O–H groups in total. The number of benzene rings is 2. The quantitative estimate of drug-likeness (QED) is 0.595. The number of halogens is 1. The Balaban J connectivity index is 1.81. The van der Waals surface area contributed by atoms with Gasteiger partial charge in [-0.05, 0) is 24.3 Å². The first-order valence-corrected chi connectivity index (χ1v) is 7.68. The fraction of sp³-hybridized carbons (Fsp3) is 0. The van der Waals surface area contributed by atoms with E-state index in [1.165, 1.54) is 0 Å². The Labute approximate surface area is 142 Å². The third kappa shape index (κ3) is 2.75. The van der Waals surface area contributed by atoms with Crippen LogP contribution < -0.4 is 11.1 Å². The molecule has 4 rings (SSSR count). The van der Waals surface area contributed by atoms with E-state index in [9.17, 15) is 0 Å². The molecular formula is C17H13ClN6. The summed E-state index contributed by atoms with van der Waals surface area (Å²) in [5.74, 6) is 0.687. The molecular weight excluding hydrogens is 324 g/mol. The van der Waals surface area contributed by atoms with Gasteiger partial charge >= 0.3 is 0 Å². The van der Waals surface area contributed by atoms with Crippen LogP contribution in [0, 0.1) is 0 Å². The standard InChI is InChI=1S/C17H13ClN6/c18-12-8-6-11(7-9-12)14-10-15-21-16(19)22-17(24(15)23-14)20-13-4-2-1-3-5-13/h1-10H,(H3,19,20,21,22). The molecule has 0 radical (unpaired) electrons. The van der Waals surface area contributed by atoms with Gasteiger partial charge in [0.1, 0.15) is 0 Å². The second-order valence-corrected chi connectivity index (χ2v) is 5.64. The van der Waals surface area contributed by atoms with Gasteiger partial charge in [-0.25, -0.2) is 0 Å². The molecule has 4 aromatic rings. The van der Waals surface area contributed by atoms with Crippen molar-refractivity contribution in [2.75, 3.05) is 11.1 Å². The first-order chi connectivity index (χ1) is 11.7. The molecule has 0 saturated carbocycles. The topological polar surface area (TPSA) is 81.1 Å². The van der Waals surface area contributed by atoms with Crippen molar-refractivity contribution in [3.05, 3.63) is 65.7 Å². The SMILES string of the molecule is Nc1nc(Nc2ccccc2)n2nc(-c3ccc(Cl)cc3)cc2n1. The van der Waals surface area contributed by atoms with Crippen molar-refractivity contribution < 1.29 is 0 Å².